The van der Waals surface area contributed by atoms with Crippen molar-refractivity contribution in [2.45, 2.75) is 6.92 Å². The van der Waals surface area contributed by atoms with Crippen molar-refractivity contribution in [3.05, 3.63) is 47.3 Å². The highest BCUT2D eigenvalue weighted by molar-refractivity contribution is 14.1. The normalized spacial score (nSPS) is 10.6. The summed E-state index contributed by atoms with van der Waals surface area (Å²) in [6.45, 7) is 1.80. The molecule has 3 nitrogen and oxygen atoms in total. The van der Waals surface area contributed by atoms with Gasteiger partial charge in [0.15, 0.2) is 0 Å². The van der Waals surface area contributed by atoms with Crippen LogP contribution in [0.3, 0.4) is 0 Å². The van der Waals surface area contributed by atoms with Crippen molar-refractivity contribution in [1.29, 1.82) is 0 Å². The quantitative estimate of drug-likeness (QED) is 0.708. The molecule has 1 N–H and O–H groups in total. The molecule has 1 aromatic heterocycles. The van der Waals surface area contributed by atoms with Crippen LogP contribution in [0.5, 0.6) is 0 Å². The summed E-state index contributed by atoms with van der Waals surface area (Å²) in [5.74, 6) is 0.491. The molecular formula is C11H7BrClIN2O. The highest BCUT2D eigenvalue weighted by Crippen LogP contribution is 2.28. The molecule has 1 aromatic carbocycles. The Kier molecular flexibility index (Phi) is 3.89. The van der Waals surface area contributed by atoms with Crippen LogP contribution in [0.1, 0.15) is 5.69 Å². The zero-order valence-corrected chi connectivity index (χ0v) is 13.2. The average Bonchev–Trinajstić information content (AvgIpc) is 2.25. The Morgan fingerprint density at radius 1 is 1.47 bits per heavy atom. The maximum atomic E-state index is 11.7. The molecule has 0 aliphatic rings. The molecule has 88 valence electrons. The van der Waals surface area contributed by atoms with Gasteiger partial charge in [0, 0.05) is 10.0 Å². The number of aryl methyl sites for hydroxylation is 1. The van der Waals surface area contributed by atoms with E-state index in [9.17, 15) is 4.79 Å². The maximum Gasteiger partial charge on any atom is 0.264 e. The number of hydrogen-bond donors (Lipinski definition) is 1. The molecule has 0 saturated heterocycles. The van der Waals surface area contributed by atoms with Crippen LogP contribution in [0.15, 0.2) is 27.5 Å². The molecule has 2 rings (SSSR count). The number of hydrogen-bond acceptors (Lipinski definition) is 2. The van der Waals surface area contributed by atoms with E-state index in [4.69, 9.17) is 11.6 Å². The van der Waals surface area contributed by atoms with Gasteiger partial charge in [0.1, 0.15) is 5.82 Å². The van der Waals surface area contributed by atoms with Gasteiger partial charge in [0.05, 0.1) is 14.3 Å². The number of aromatic nitrogens is 2. The largest absolute Gasteiger partial charge is 0.306 e. The van der Waals surface area contributed by atoms with E-state index < -0.39 is 0 Å². The lowest BCUT2D eigenvalue weighted by atomic mass is 10.2. The minimum Gasteiger partial charge on any atom is -0.306 e. The van der Waals surface area contributed by atoms with Gasteiger partial charge in [0.25, 0.3) is 5.56 Å². The maximum absolute atomic E-state index is 11.7. The summed E-state index contributed by atoms with van der Waals surface area (Å²) in [7, 11) is 0. The average molecular weight is 425 g/mol. The first-order valence-corrected chi connectivity index (χ1v) is 6.96. The molecule has 0 spiro atoms. The summed E-state index contributed by atoms with van der Waals surface area (Å²) in [4.78, 5) is 18.7. The molecule has 0 aliphatic carbocycles. The van der Waals surface area contributed by atoms with Gasteiger partial charge in [-0.05, 0) is 47.7 Å². The number of nitrogens with one attached hydrogen (secondary N) is 1. The van der Waals surface area contributed by atoms with Crippen molar-refractivity contribution in [3.63, 3.8) is 0 Å². The highest BCUT2D eigenvalue weighted by atomic mass is 127. The predicted octanol–water partition coefficient (Wildman–Crippen LogP) is 3.77. The lowest BCUT2D eigenvalue weighted by Crippen LogP contribution is -2.14. The third kappa shape index (κ3) is 2.71. The van der Waals surface area contributed by atoms with Crippen LogP contribution in [0.4, 0.5) is 0 Å². The molecule has 0 unspecified atom stereocenters. The number of H-pyrrole nitrogens is 1. The van der Waals surface area contributed by atoms with Crippen LogP contribution in [-0.2, 0) is 0 Å². The molecule has 0 bridgehead atoms. The van der Waals surface area contributed by atoms with E-state index in [-0.39, 0.29) is 5.56 Å². The van der Waals surface area contributed by atoms with Crippen molar-refractivity contribution in [2.24, 2.45) is 0 Å². The van der Waals surface area contributed by atoms with Crippen molar-refractivity contribution < 1.29 is 0 Å². The van der Waals surface area contributed by atoms with Crippen LogP contribution in [0, 0.1) is 10.5 Å². The molecule has 0 atom stereocenters. The van der Waals surface area contributed by atoms with Crippen LogP contribution in [-0.4, -0.2) is 9.97 Å². The standard InChI is InChI=1S/C11H7BrClIN2O/c1-5-9(14)11(17)16-10(15-5)7-3-2-6(12)4-8(7)13/h2-4H,1H3,(H,15,16,17). The number of aromatic amines is 1. The van der Waals surface area contributed by atoms with Gasteiger partial charge < -0.3 is 4.98 Å². The summed E-state index contributed by atoms with van der Waals surface area (Å²) in [5.41, 5.74) is 1.27. The smallest absolute Gasteiger partial charge is 0.264 e. The zero-order valence-electron chi connectivity index (χ0n) is 8.72. The highest BCUT2D eigenvalue weighted by Gasteiger charge is 2.10. The van der Waals surface area contributed by atoms with E-state index in [2.05, 4.69) is 25.9 Å². The lowest BCUT2D eigenvalue weighted by molar-refractivity contribution is 1.05. The Labute approximate surface area is 125 Å². The minimum absolute atomic E-state index is 0.146. The summed E-state index contributed by atoms with van der Waals surface area (Å²) in [5, 5.41) is 0.545. The molecule has 1 heterocycles. The van der Waals surface area contributed by atoms with Gasteiger partial charge in [0.2, 0.25) is 0 Å². The van der Waals surface area contributed by atoms with E-state index in [1.165, 1.54) is 0 Å². The molecule has 6 heteroatoms. The molecule has 0 amide bonds. The predicted molar refractivity (Wildman–Crippen MR) is 80.5 cm³/mol. The lowest BCUT2D eigenvalue weighted by Gasteiger charge is -2.05. The van der Waals surface area contributed by atoms with E-state index in [1.807, 2.05) is 34.7 Å². The fraction of sp³-hybridized carbons (Fsp3) is 0.0909. The second-order valence-corrected chi connectivity index (χ2v) is 5.84. The second kappa shape index (κ2) is 5.07. The summed E-state index contributed by atoms with van der Waals surface area (Å²) in [6, 6.07) is 5.44. The van der Waals surface area contributed by atoms with Crippen molar-refractivity contribution in [3.8, 4) is 11.4 Å². The van der Waals surface area contributed by atoms with Crippen LogP contribution in [0.2, 0.25) is 5.02 Å². The van der Waals surface area contributed by atoms with Gasteiger partial charge in [-0.25, -0.2) is 4.98 Å². The Balaban J connectivity index is 2.65. The molecular weight excluding hydrogens is 418 g/mol. The van der Waals surface area contributed by atoms with Gasteiger partial charge in [-0.15, -0.1) is 0 Å². The van der Waals surface area contributed by atoms with Gasteiger partial charge in [-0.1, -0.05) is 27.5 Å². The molecule has 17 heavy (non-hydrogen) atoms. The SMILES string of the molecule is Cc1nc(-c2ccc(Br)cc2Cl)[nH]c(=O)c1I. The topological polar surface area (TPSA) is 45.8 Å². The van der Waals surface area contributed by atoms with Crippen molar-refractivity contribution in [1.82, 2.24) is 9.97 Å². The van der Waals surface area contributed by atoms with Gasteiger partial charge >= 0.3 is 0 Å². The summed E-state index contributed by atoms with van der Waals surface area (Å²) < 4.78 is 1.48. The Morgan fingerprint density at radius 3 is 2.76 bits per heavy atom. The summed E-state index contributed by atoms with van der Waals surface area (Å²) in [6.07, 6.45) is 0. The summed E-state index contributed by atoms with van der Waals surface area (Å²) >= 11 is 11.4. The molecule has 0 radical (unpaired) electrons. The monoisotopic (exact) mass is 424 g/mol. The van der Waals surface area contributed by atoms with Gasteiger partial charge in [-0.3, -0.25) is 4.79 Å². The Morgan fingerprint density at radius 2 is 2.18 bits per heavy atom. The van der Waals surface area contributed by atoms with Crippen LogP contribution < -0.4 is 5.56 Å². The Bertz CT molecular complexity index is 642. The fourth-order valence-corrected chi connectivity index (χ4v) is 2.40. The second-order valence-electron chi connectivity index (χ2n) is 3.44. The van der Waals surface area contributed by atoms with Crippen LogP contribution >= 0.6 is 50.1 Å². The number of halogens is 3. The van der Waals surface area contributed by atoms with E-state index in [0.717, 1.165) is 4.47 Å². The first-order chi connectivity index (χ1) is 7.99. The first kappa shape index (κ1) is 13.0. The first-order valence-electron chi connectivity index (χ1n) is 4.71. The molecule has 2 aromatic rings. The number of benzene rings is 1. The van der Waals surface area contributed by atoms with E-state index in [0.29, 0.717) is 25.7 Å². The fourth-order valence-electron chi connectivity index (χ4n) is 1.38. The molecule has 0 saturated carbocycles. The number of rotatable bonds is 1. The third-order valence-electron chi connectivity index (χ3n) is 2.21. The minimum atomic E-state index is -0.146. The van der Waals surface area contributed by atoms with Crippen molar-refractivity contribution >= 4 is 50.1 Å². The number of nitrogens with zero attached hydrogens (tertiary/aromatic N) is 1. The van der Waals surface area contributed by atoms with Gasteiger partial charge in [-0.2, -0.15) is 0 Å². The molecule has 0 fully saturated rings. The zero-order chi connectivity index (χ0) is 12.6. The van der Waals surface area contributed by atoms with E-state index in [1.54, 1.807) is 13.0 Å². The third-order valence-corrected chi connectivity index (χ3v) is 4.29. The molecule has 0 aliphatic heterocycles. The van der Waals surface area contributed by atoms with Crippen LogP contribution in [0.25, 0.3) is 11.4 Å². The van der Waals surface area contributed by atoms with E-state index >= 15 is 0 Å². The Hall–Kier alpha value is -0.400. The van der Waals surface area contributed by atoms with Crippen molar-refractivity contribution in [2.75, 3.05) is 0 Å².